The zero-order valence-corrected chi connectivity index (χ0v) is 17.2. The van der Waals surface area contributed by atoms with Gasteiger partial charge in [-0.15, -0.1) is 0 Å². The van der Waals surface area contributed by atoms with Crippen molar-refractivity contribution in [3.05, 3.63) is 66.7 Å². The van der Waals surface area contributed by atoms with Crippen LogP contribution >= 0.6 is 0 Å². The Kier molecular flexibility index (Phi) is 7.89. The number of rotatable bonds is 8. The summed E-state index contributed by atoms with van der Waals surface area (Å²) in [6.45, 7) is 5.83. The summed E-state index contributed by atoms with van der Waals surface area (Å²) in [5, 5.41) is 5.93. The highest BCUT2D eigenvalue weighted by molar-refractivity contribution is 5.96. The van der Waals surface area contributed by atoms with Crippen molar-refractivity contribution >= 4 is 23.2 Å². The summed E-state index contributed by atoms with van der Waals surface area (Å²) in [4.78, 5) is 26.8. The predicted octanol–water partition coefficient (Wildman–Crippen LogP) is 4.32. The van der Waals surface area contributed by atoms with E-state index in [0.29, 0.717) is 23.6 Å². The van der Waals surface area contributed by atoms with Gasteiger partial charge in [-0.05, 0) is 49.2 Å². The summed E-state index contributed by atoms with van der Waals surface area (Å²) in [5.41, 5.74) is 2.12. The lowest BCUT2D eigenvalue weighted by Crippen LogP contribution is -2.31. The number of benzene rings is 2. The van der Waals surface area contributed by atoms with Crippen molar-refractivity contribution in [1.29, 1.82) is 0 Å². The molecule has 2 N–H and O–H groups in total. The standard InChI is InChI=1S/C24H29N3O3/c1-2-16-30-22-9-7-8-21(17-22)25-18-23(28)26-20-12-10-19(11-13-20)24(29)27-14-5-3-4-6-15-27/h2,7-13,17,25H,1,3-6,14-16,18H2,(H,26,28). The smallest absolute Gasteiger partial charge is 0.253 e. The molecule has 0 aliphatic carbocycles. The molecular weight excluding hydrogens is 378 g/mol. The fourth-order valence-electron chi connectivity index (χ4n) is 3.39. The maximum Gasteiger partial charge on any atom is 0.253 e. The molecule has 0 radical (unpaired) electrons. The summed E-state index contributed by atoms with van der Waals surface area (Å²) in [6, 6.07) is 14.5. The summed E-state index contributed by atoms with van der Waals surface area (Å²) in [5.74, 6) is 0.610. The third kappa shape index (κ3) is 6.37. The van der Waals surface area contributed by atoms with Crippen molar-refractivity contribution in [2.45, 2.75) is 25.7 Å². The summed E-state index contributed by atoms with van der Waals surface area (Å²) >= 11 is 0. The molecule has 0 atom stereocenters. The lowest BCUT2D eigenvalue weighted by atomic mass is 10.1. The average molecular weight is 408 g/mol. The maximum atomic E-state index is 12.7. The van der Waals surface area contributed by atoms with Crippen LogP contribution in [0.4, 0.5) is 11.4 Å². The number of anilines is 2. The topological polar surface area (TPSA) is 70.7 Å². The van der Waals surface area contributed by atoms with Crippen molar-refractivity contribution in [1.82, 2.24) is 4.90 Å². The minimum Gasteiger partial charge on any atom is -0.489 e. The van der Waals surface area contributed by atoms with Crippen LogP contribution in [0.3, 0.4) is 0 Å². The van der Waals surface area contributed by atoms with E-state index < -0.39 is 0 Å². The Morgan fingerprint density at radius 1 is 1.00 bits per heavy atom. The number of carbonyl (C=O) groups excluding carboxylic acids is 2. The van der Waals surface area contributed by atoms with Gasteiger partial charge in [-0.2, -0.15) is 0 Å². The highest BCUT2D eigenvalue weighted by atomic mass is 16.5. The van der Waals surface area contributed by atoms with Gasteiger partial charge in [0.2, 0.25) is 5.91 Å². The van der Waals surface area contributed by atoms with Crippen LogP contribution in [-0.2, 0) is 4.79 Å². The third-order valence-electron chi connectivity index (χ3n) is 4.96. The van der Waals surface area contributed by atoms with E-state index in [4.69, 9.17) is 4.74 Å². The van der Waals surface area contributed by atoms with Crippen molar-refractivity contribution in [3.63, 3.8) is 0 Å². The van der Waals surface area contributed by atoms with Crippen LogP contribution in [-0.4, -0.2) is 43.0 Å². The number of hydrogen-bond acceptors (Lipinski definition) is 4. The molecule has 6 nitrogen and oxygen atoms in total. The van der Waals surface area contributed by atoms with Gasteiger partial charge in [0.25, 0.3) is 5.91 Å². The first-order valence-corrected chi connectivity index (χ1v) is 10.4. The number of hydrogen-bond donors (Lipinski definition) is 2. The van der Waals surface area contributed by atoms with Gasteiger partial charge < -0.3 is 20.3 Å². The van der Waals surface area contributed by atoms with Gasteiger partial charge in [0, 0.05) is 36.1 Å². The molecule has 0 bridgehead atoms. The fourth-order valence-corrected chi connectivity index (χ4v) is 3.39. The second kappa shape index (κ2) is 11.0. The Bertz CT molecular complexity index is 856. The van der Waals surface area contributed by atoms with E-state index in [2.05, 4.69) is 17.2 Å². The number of likely N-dealkylation sites (tertiary alicyclic amines) is 1. The third-order valence-corrected chi connectivity index (χ3v) is 4.96. The molecule has 1 aliphatic heterocycles. The fraction of sp³-hybridized carbons (Fsp3) is 0.333. The van der Waals surface area contributed by atoms with Crippen LogP contribution in [0.25, 0.3) is 0 Å². The van der Waals surface area contributed by atoms with Crippen LogP contribution in [0.15, 0.2) is 61.2 Å². The molecule has 2 aromatic rings. The Labute approximate surface area is 177 Å². The molecule has 1 heterocycles. The van der Waals surface area contributed by atoms with E-state index in [1.165, 1.54) is 12.8 Å². The molecule has 6 heteroatoms. The number of nitrogens with one attached hydrogen (secondary N) is 2. The molecule has 30 heavy (non-hydrogen) atoms. The molecule has 1 saturated heterocycles. The van der Waals surface area contributed by atoms with Gasteiger partial charge in [0.05, 0.1) is 6.54 Å². The van der Waals surface area contributed by atoms with E-state index in [-0.39, 0.29) is 18.4 Å². The number of carbonyl (C=O) groups is 2. The van der Waals surface area contributed by atoms with E-state index >= 15 is 0 Å². The molecule has 1 aliphatic rings. The molecule has 0 aromatic heterocycles. The van der Waals surface area contributed by atoms with Crippen LogP contribution in [0.5, 0.6) is 5.75 Å². The van der Waals surface area contributed by atoms with E-state index in [1.54, 1.807) is 30.3 Å². The molecule has 0 unspecified atom stereocenters. The van der Waals surface area contributed by atoms with Crippen LogP contribution < -0.4 is 15.4 Å². The molecule has 158 valence electrons. The molecule has 2 amide bonds. The predicted molar refractivity (Wildman–Crippen MR) is 120 cm³/mol. The minimum atomic E-state index is -0.168. The van der Waals surface area contributed by atoms with Gasteiger partial charge in [0.1, 0.15) is 12.4 Å². The van der Waals surface area contributed by atoms with Crippen LogP contribution in [0.1, 0.15) is 36.0 Å². The summed E-state index contributed by atoms with van der Waals surface area (Å²) < 4.78 is 5.49. The van der Waals surface area contributed by atoms with Crippen LogP contribution in [0, 0.1) is 0 Å². The Balaban J connectivity index is 1.49. The van der Waals surface area contributed by atoms with E-state index in [0.717, 1.165) is 31.6 Å². The first-order valence-electron chi connectivity index (χ1n) is 10.4. The summed E-state index contributed by atoms with van der Waals surface area (Å²) in [7, 11) is 0. The normalized spacial score (nSPS) is 13.8. The number of ether oxygens (including phenoxy) is 1. The molecule has 3 rings (SSSR count). The Morgan fingerprint density at radius 2 is 1.73 bits per heavy atom. The molecule has 0 saturated carbocycles. The second-order valence-electron chi connectivity index (χ2n) is 7.31. The average Bonchev–Trinajstić information content (AvgIpc) is 3.06. The maximum absolute atomic E-state index is 12.7. The van der Waals surface area contributed by atoms with Gasteiger partial charge in [-0.3, -0.25) is 9.59 Å². The van der Waals surface area contributed by atoms with Crippen molar-refractivity contribution in [3.8, 4) is 5.75 Å². The lowest BCUT2D eigenvalue weighted by Gasteiger charge is -2.20. The van der Waals surface area contributed by atoms with Gasteiger partial charge in [-0.25, -0.2) is 0 Å². The largest absolute Gasteiger partial charge is 0.489 e. The van der Waals surface area contributed by atoms with E-state index in [1.807, 2.05) is 29.2 Å². The number of nitrogens with zero attached hydrogens (tertiary/aromatic N) is 1. The molecule has 1 fully saturated rings. The highest BCUT2D eigenvalue weighted by Gasteiger charge is 2.17. The first kappa shape index (κ1) is 21.4. The molecule has 2 aromatic carbocycles. The zero-order valence-electron chi connectivity index (χ0n) is 17.2. The minimum absolute atomic E-state index is 0.0648. The monoisotopic (exact) mass is 407 g/mol. The highest BCUT2D eigenvalue weighted by Crippen LogP contribution is 2.18. The summed E-state index contributed by atoms with van der Waals surface area (Å²) in [6.07, 6.45) is 6.19. The van der Waals surface area contributed by atoms with Gasteiger partial charge in [0.15, 0.2) is 0 Å². The van der Waals surface area contributed by atoms with Crippen molar-refractivity contribution in [2.75, 3.05) is 36.9 Å². The quantitative estimate of drug-likeness (QED) is 0.640. The Morgan fingerprint density at radius 3 is 2.43 bits per heavy atom. The van der Waals surface area contributed by atoms with Crippen molar-refractivity contribution in [2.24, 2.45) is 0 Å². The molecular formula is C24H29N3O3. The van der Waals surface area contributed by atoms with E-state index in [9.17, 15) is 9.59 Å². The second-order valence-corrected chi connectivity index (χ2v) is 7.31. The first-order chi connectivity index (χ1) is 14.7. The number of amides is 2. The molecule has 0 spiro atoms. The SMILES string of the molecule is C=CCOc1cccc(NCC(=O)Nc2ccc(C(=O)N3CCCCCC3)cc2)c1. The Hall–Kier alpha value is -3.28. The van der Waals surface area contributed by atoms with Crippen molar-refractivity contribution < 1.29 is 14.3 Å². The van der Waals surface area contributed by atoms with Gasteiger partial charge >= 0.3 is 0 Å². The van der Waals surface area contributed by atoms with Gasteiger partial charge in [-0.1, -0.05) is 31.6 Å². The zero-order chi connectivity index (χ0) is 21.2. The van der Waals surface area contributed by atoms with Crippen LogP contribution in [0.2, 0.25) is 0 Å². The lowest BCUT2D eigenvalue weighted by molar-refractivity contribution is -0.114.